The van der Waals surface area contributed by atoms with Crippen LogP contribution in [-0.4, -0.2) is 70.1 Å². The number of likely N-dealkylation sites (N-methyl/N-ethyl adjacent to an activating group) is 1. The van der Waals surface area contributed by atoms with E-state index >= 15 is 0 Å². The molecule has 2 amide bonds. The van der Waals surface area contributed by atoms with Crippen LogP contribution >= 0.6 is 11.9 Å². The molecule has 43 heavy (non-hydrogen) atoms. The van der Waals surface area contributed by atoms with Crippen LogP contribution in [0.2, 0.25) is 0 Å². The van der Waals surface area contributed by atoms with E-state index in [1.54, 1.807) is 11.4 Å². The maximum atomic E-state index is 13.6. The lowest BCUT2D eigenvalue weighted by molar-refractivity contribution is -0.186. The molecule has 1 aliphatic heterocycles. The van der Waals surface area contributed by atoms with Gasteiger partial charge in [-0.1, -0.05) is 42.0 Å². The SMILES string of the molecule is Cc1ccc(SN(C)CC(=O)N(Cc2ccc(C3CCN(C(=O)C(F)(F)F)CC3)cc2)c2ccc(C(=O)O)c(O)c2)cc1. The number of likely N-dealkylation sites (tertiary alicyclic amines) is 1. The number of amides is 2. The first-order valence-electron chi connectivity index (χ1n) is 13.6. The van der Waals surface area contributed by atoms with E-state index in [2.05, 4.69) is 0 Å². The summed E-state index contributed by atoms with van der Waals surface area (Å²) in [5.41, 5.74) is 2.85. The van der Waals surface area contributed by atoms with Gasteiger partial charge in [0.25, 0.3) is 0 Å². The molecule has 1 saturated heterocycles. The zero-order chi connectivity index (χ0) is 31.3. The van der Waals surface area contributed by atoms with Gasteiger partial charge in [-0.2, -0.15) is 13.2 Å². The van der Waals surface area contributed by atoms with E-state index in [-0.39, 0.29) is 43.6 Å². The van der Waals surface area contributed by atoms with Crippen LogP contribution in [0.25, 0.3) is 0 Å². The monoisotopic (exact) mass is 615 g/mol. The van der Waals surface area contributed by atoms with E-state index in [1.165, 1.54) is 35.0 Å². The maximum Gasteiger partial charge on any atom is 0.471 e. The molecule has 12 heteroatoms. The standard InChI is InChI=1S/C31H32F3N3O5S/c1-20-3-10-25(11-4-20)43-35(2)19-28(39)37(24-9-12-26(29(40)41)27(38)17-24)18-21-5-7-22(8-6-21)23-13-15-36(16-14-23)30(42)31(32,33)34/h3-12,17,23,38H,13-16,18-19H2,1-2H3,(H,40,41). The summed E-state index contributed by atoms with van der Waals surface area (Å²) in [6.07, 6.45) is -4.06. The fourth-order valence-electron chi connectivity index (χ4n) is 4.95. The molecule has 0 unspecified atom stereocenters. The number of aryl methyl sites for hydroxylation is 1. The number of nitrogens with zero attached hydrogens (tertiary/aromatic N) is 3. The van der Waals surface area contributed by atoms with Gasteiger partial charge in [-0.3, -0.25) is 9.59 Å². The second kappa shape index (κ2) is 13.5. The Bertz CT molecular complexity index is 1460. The van der Waals surface area contributed by atoms with Crippen LogP contribution in [0.15, 0.2) is 71.6 Å². The molecule has 0 atom stereocenters. The fourth-order valence-corrected chi connectivity index (χ4v) is 5.75. The summed E-state index contributed by atoms with van der Waals surface area (Å²) in [6, 6.07) is 19.2. The first-order chi connectivity index (χ1) is 20.3. The minimum Gasteiger partial charge on any atom is -0.507 e. The minimum absolute atomic E-state index is 0.00275. The first kappa shape index (κ1) is 31.9. The van der Waals surface area contributed by atoms with Gasteiger partial charge in [0.15, 0.2) is 0 Å². The Hall–Kier alpha value is -4.03. The number of benzene rings is 3. The number of rotatable bonds is 9. The topological polar surface area (TPSA) is 101 Å². The average Bonchev–Trinajstić information content (AvgIpc) is 2.96. The number of halogens is 3. The van der Waals surface area contributed by atoms with Crippen molar-refractivity contribution in [1.29, 1.82) is 0 Å². The van der Waals surface area contributed by atoms with Crippen LogP contribution in [0.5, 0.6) is 5.75 Å². The first-order valence-corrected chi connectivity index (χ1v) is 14.4. The van der Waals surface area contributed by atoms with Crippen molar-refractivity contribution < 1.29 is 37.8 Å². The number of hydrogen-bond donors (Lipinski definition) is 2. The Kier molecular flexibility index (Phi) is 10.0. The predicted molar refractivity (Wildman–Crippen MR) is 157 cm³/mol. The number of carbonyl (C=O) groups is 3. The molecular formula is C31H32F3N3O5S. The van der Waals surface area contributed by atoms with Crippen molar-refractivity contribution in [3.8, 4) is 5.75 Å². The summed E-state index contributed by atoms with van der Waals surface area (Å²) in [5.74, 6) is -3.85. The molecule has 3 aromatic rings. The summed E-state index contributed by atoms with van der Waals surface area (Å²) in [5, 5.41) is 19.6. The molecule has 1 aliphatic rings. The van der Waals surface area contributed by atoms with Crippen molar-refractivity contribution in [1.82, 2.24) is 9.21 Å². The van der Waals surface area contributed by atoms with E-state index in [0.717, 1.165) is 26.5 Å². The molecule has 3 aromatic carbocycles. The molecule has 0 saturated carbocycles. The second-order valence-electron chi connectivity index (χ2n) is 10.5. The van der Waals surface area contributed by atoms with Crippen molar-refractivity contribution in [3.05, 3.63) is 89.0 Å². The summed E-state index contributed by atoms with van der Waals surface area (Å²) in [6.45, 7) is 2.19. The van der Waals surface area contributed by atoms with Crippen LogP contribution in [-0.2, 0) is 16.1 Å². The average molecular weight is 616 g/mol. The normalized spacial score (nSPS) is 14.1. The van der Waals surface area contributed by atoms with E-state index in [0.29, 0.717) is 18.5 Å². The van der Waals surface area contributed by atoms with E-state index in [9.17, 15) is 37.8 Å². The molecule has 0 bridgehead atoms. The smallest absolute Gasteiger partial charge is 0.471 e. The largest absolute Gasteiger partial charge is 0.507 e. The lowest BCUT2D eigenvalue weighted by atomic mass is 9.89. The Morgan fingerprint density at radius 3 is 2.16 bits per heavy atom. The molecule has 0 radical (unpaired) electrons. The highest BCUT2D eigenvalue weighted by molar-refractivity contribution is 7.97. The molecule has 1 heterocycles. The third kappa shape index (κ3) is 8.29. The third-order valence-corrected chi connectivity index (χ3v) is 8.20. The minimum atomic E-state index is -4.88. The summed E-state index contributed by atoms with van der Waals surface area (Å²) in [4.78, 5) is 39.8. The highest BCUT2D eigenvalue weighted by atomic mass is 32.2. The number of piperidine rings is 1. The number of aromatic carboxylic acids is 1. The third-order valence-electron chi connectivity index (χ3n) is 7.28. The Morgan fingerprint density at radius 2 is 1.60 bits per heavy atom. The van der Waals surface area contributed by atoms with Gasteiger partial charge in [0.1, 0.15) is 11.3 Å². The molecule has 0 spiro atoms. The molecule has 2 N–H and O–H groups in total. The Balaban J connectivity index is 1.48. The molecule has 4 rings (SSSR count). The lowest BCUT2D eigenvalue weighted by Crippen LogP contribution is -2.45. The quantitative estimate of drug-likeness (QED) is 0.292. The molecule has 8 nitrogen and oxygen atoms in total. The highest BCUT2D eigenvalue weighted by Crippen LogP contribution is 2.32. The summed E-state index contributed by atoms with van der Waals surface area (Å²) >= 11 is 1.40. The van der Waals surface area contributed by atoms with Gasteiger partial charge in [-0.15, -0.1) is 0 Å². The van der Waals surface area contributed by atoms with Gasteiger partial charge in [-0.25, -0.2) is 9.10 Å². The number of carboxylic acids is 1. The van der Waals surface area contributed by atoms with Crippen molar-refractivity contribution in [2.75, 3.05) is 31.6 Å². The highest BCUT2D eigenvalue weighted by Gasteiger charge is 2.43. The molecule has 1 fully saturated rings. The number of carbonyl (C=O) groups excluding carboxylic acids is 2. The van der Waals surface area contributed by atoms with Gasteiger partial charge >= 0.3 is 18.1 Å². The van der Waals surface area contributed by atoms with Crippen molar-refractivity contribution in [3.63, 3.8) is 0 Å². The lowest BCUT2D eigenvalue weighted by Gasteiger charge is -2.32. The number of aromatic hydroxyl groups is 1. The fraction of sp³-hybridized carbons (Fsp3) is 0.323. The van der Waals surface area contributed by atoms with Crippen LogP contribution in [0.1, 0.15) is 45.8 Å². The number of carboxylic acid groups (broad SMARTS) is 1. The van der Waals surface area contributed by atoms with Crippen LogP contribution in [0, 0.1) is 6.92 Å². The Morgan fingerprint density at radius 1 is 0.977 bits per heavy atom. The Labute approximate surface area is 251 Å². The van der Waals surface area contributed by atoms with Gasteiger partial charge < -0.3 is 20.0 Å². The molecule has 0 aromatic heterocycles. The van der Waals surface area contributed by atoms with Gasteiger partial charge in [-0.05, 0) is 80.1 Å². The zero-order valence-corrected chi connectivity index (χ0v) is 24.5. The molecule has 0 aliphatic carbocycles. The molecular weight excluding hydrogens is 583 g/mol. The van der Waals surface area contributed by atoms with Crippen molar-refractivity contribution in [2.45, 2.75) is 43.3 Å². The molecule has 228 valence electrons. The summed E-state index contributed by atoms with van der Waals surface area (Å²) in [7, 11) is 1.79. The van der Waals surface area contributed by atoms with Crippen molar-refractivity contribution in [2.24, 2.45) is 0 Å². The van der Waals surface area contributed by atoms with E-state index in [4.69, 9.17) is 0 Å². The van der Waals surface area contributed by atoms with Crippen LogP contribution < -0.4 is 4.90 Å². The van der Waals surface area contributed by atoms with Crippen LogP contribution in [0.3, 0.4) is 0 Å². The van der Waals surface area contributed by atoms with Crippen LogP contribution in [0.4, 0.5) is 18.9 Å². The maximum absolute atomic E-state index is 13.6. The van der Waals surface area contributed by atoms with Crippen molar-refractivity contribution >= 4 is 35.4 Å². The number of hydrogen-bond acceptors (Lipinski definition) is 6. The number of alkyl halides is 3. The van der Waals surface area contributed by atoms with Gasteiger partial charge in [0.05, 0.1) is 13.1 Å². The summed E-state index contributed by atoms with van der Waals surface area (Å²) < 4.78 is 40.1. The van der Waals surface area contributed by atoms with Gasteiger partial charge in [0, 0.05) is 29.7 Å². The zero-order valence-electron chi connectivity index (χ0n) is 23.7. The predicted octanol–water partition coefficient (Wildman–Crippen LogP) is 5.84. The second-order valence-corrected chi connectivity index (χ2v) is 11.8. The van der Waals surface area contributed by atoms with E-state index in [1.807, 2.05) is 55.5 Å². The number of anilines is 1. The van der Waals surface area contributed by atoms with E-state index < -0.39 is 23.8 Å². The van der Waals surface area contributed by atoms with Gasteiger partial charge in [0.2, 0.25) is 5.91 Å². The number of phenols is 1.